The highest BCUT2D eigenvalue weighted by atomic mass is 32.2. The molecular weight excluding hydrogens is 428 g/mol. The van der Waals surface area contributed by atoms with Gasteiger partial charge in [0.05, 0.1) is 23.5 Å². The van der Waals surface area contributed by atoms with Gasteiger partial charge in [0.1, 0.15) is 0 Å². The van der Waals surface area contributed by atoms with Gasteiger partial charge in [0.15, 0.2) is 6.19 Å². The Morgan fingerprint density at radius 1 is 1.06 bits per heavy atom. The number of amides is 1. The Hall–Kier alpha value is -2.93. The van der Waals surface area contributed by atoms with Gasteiger partial charge in [-0.05, 0) is 53.8 Å². The van der Waals surface area contributed by atoms with Gasteiger partial charge in [0, 0.05) is 31.9 Å². The molecule has 2 aromatic carbocycles. The van der Waals surface area contributed by atoms with Crippen molar-refractivity contribution in [2.45, 2.75) is 17.7 Å². The standard InChI is InChI=1S/C23H24N4O4S/c24-16-26-7-6-23(15-26)14-19-12-18(4-5-21(19)25-22(23)28)17-2-1-3-20(13-17)32(29,30)27-8-10-31-11-9-27/h1-5,12-13H,6-11,14-15H2,(H,25,28). The fourth-order valence-corrected chi connectivity index (χ4v) is 6.26. The summed E-state index contributed by atoms with van der Waals surface area (Å²) in [4.78, 5) is 14.7. The summed E-state index contributed by atoms with van der Waals surface area (Å²) in [5, 5.41) is 12.2. The predicted octanol–water partition coefficient (Wildman–Crippen LogP) is 2.04. The van der Waals surface area contributed by atoms with Gasteiger partial charge < -0.3 is 15.0 Å². The van der Waals surface area contributed by atoms with Gasteiger partial charge in [0.2, 0.25) is 15.9 Å². The Morgan fingerprint density at radius 2 is 1.84 bits per heavy atom. The highest BCUT2D eigenvalue weighted by molar-refractivity contribution is 7.89. The Labute approximate surface area is 187 Å². The van der Waals surface area contributed by atoms with E-state index in [4.69, 9.17) is 4.74 Å². The maximum absolute atomic E-state index is 13.1. The molecule has 1 spiro atoms. The first-order valence-electron chi connectivity index (χ1n) is 10.7. The topological polar surface area (TPSA) is 103 Å². The fraction of sp³-hybridized carbons (Fsp3) is 0.391. The van der Waals surface area contributed by atoms with Gasteiger partial charge >= 0.3 is 0 Å². The van der Waals surface area contributed by atoms with Crippen LogP contribution in [0.15, 0.2) is 47.4 Å². The lowest BCUT2D eigenvalue weighted by Gasteiger charge is -2.33. The molecule has 3 heterocycles. The maximum Gasteiger partial charge on any atom is 0.243 e. The highest BCUT2D eigenvalue weighted by Gasteiger charge is 2.47. The molecule has 0 aliphatic carbocycles. The molecule has 2 aromatic rings. The summed E-state index contributed by atoms with van der Waals surface area (Å²) in [5.74, 6) is -0.0332. The summed E-state index contributed by atoms with van der Waals surface area (Å²) < 4.78 is 32.9. The fourth-order valence-electron chi connectivity index (χ4n) is 4.80. The van der Waals surface area contributed by atoms with Gasteiger partial charge in [-0.3, -0.25) is 4.79 Å². The van der Waals surface area contributed by atoms with Crippen molar-refractivity contribution in [2.24, 2.45) is 5.41 Å². The van der Waals surface area contributed by atoms with Crippen LogP contribution in [0.3, 0.4) is 0 Å². The number of morpholine rings is 1. The third kappa shape index (κ3) is 3.54. The Balaban J connectivity index is 1.46. The van der Waals surface area contributed by atoms with E-state index in [1.54, 1.807) is 23.1 Å². The minimum Gasteiger partial charge on any atom is -0.379 e. The molecule has 0 aromatic heterocycles. The van der Waals surface area contributed by atoms with E-state index in [2.05, 4.69) is 11.5 Å². The number of benzene rings is 2. The van der Waals surface area contributed by atoms with Crippen LogP contribution in [0.4, 0.5) is 5.69 Å². The lowest BCUT2D eigenvalue weighted by atomic mass is 9.76. The quantitative estimate of drug-likeness (QED) is 0.715. The van der Waals surface area contributed by atoms with Crippen molar-refractivity contribution in [1.29, 1.82) is 5.26 Å². The van der Waals surface area contributed by atoms with Crippen LogP contribution in [-0.2, 0) is 26.0 Å². The van der Waals surface area contributed by atoms with E-state index in [0.29, 0.717) is 52.2 Å². The molecule has 0 radical (unpaired) electrons. The number of rotatable bonds is 3. The minimum atomic E-state index is -3.58. The van der Waals surface area contributed by atoms with Gasteiger partial charge in [-0.25, -0.2) is 8.42 Å². The third-order valence-corrected chi connectivity index (χ3v) is 8.53. The Bertz CT molecular complexity index is 1220. The molecule has 2 saturated heterocycles. The molecule has 0 saturated carbocycles. The van der Waals surface area contributed by atoms with Crippen LogP contribution in [0.25, 0.3) is 11.1 Å². The number of anilines is 1. The van der Waals surface area contributed by atoms with E-state index in [1.807, 2.05) is 24.3 Å². The van der Waals surface area contributed by atoms with Gasteiger partial charge in [0.25, 0.3) is 0 Å². The molecule has 3 aliphatic rings. The van der Waals surface area contributed by atoms with E-state index < -0.39 is 15.4 Å². The zero-order chi connectivity index (χ0) is 22.3. The van der Waals surface area contributed by atoms with Crippen molar-refractivity contribution in [1.82, 2.24) is 9.21 Å². The first-order valence-corrected chi connectivity index (χ1v) is 12.1. The van der Waals surface area contributed by atoms with Crippen molar-refractivity contribution in [3.8, 4) is 17.3 Å². The average Bonchev–Trinajstić information content (AvgIpc) is 3.24. The van der Waals surface area contributed by atoms with Crippen LogP contribution in [0.1, 0.15) is 12.0 Å². The summed E-state index contributed by atoms with van der Waals surface area (Å²) in [6, 6.07) is 12.8. The number of hydrogen-bond donors (Lipinski definition) is 1. The van der Waals surface area contributed by atoms with Crippen molar-refractivity contribution < 1.29 is 17.9 Å². The second kappa shape index (κ2) is 7.89. The van der Waals surface area contributed by atoms with E-state index in [1.165, 1.54) is 4.31 Å². The SMILES string of the molecule is N#CN1CCC2(Cc3cc(-c4cccc(S(=O)(=O)N5CCOCC5)c4)ccc3NC2=O)C1. The number of fused-ring (bicyclic) bond motifs is 1. The number of carbonyl (C=O) groups excluding carboxylic acids is 1. The zero-order valence-electron chi connectivity index (χ0n) is 17.6. The minimum absolute atomic E-state index is 0.0332. The summed E-state index contributed by atoms with van der Waals surface area (Å²) >= 11 is 0. The second-order valence-electron chi connectivity index (χ2n) is 8.60. The normalized spacial score (nSPS) is 23.6. The van der Waals surface area contributed by atoms with Crippen LogP contribution < -0.4 is 5.32 Å². The molecule has 2 fully saturated rings. The first kappa shape index (κ1) is 20.9. The number of ether oxygens (including phenoxy) is 1. The Morgan fingerprint density at radius 3 is 2.59 bits per heavy atom. The largest absolute Gasteiger partial charge is 0.379 e. The summed E-state index contributed by atoms with van der Waals surface area (Å²) in [7, 11) is -3.58. The molecule has 0 bridgehead atoms. The smallest absolute Gasteiger partial charge is 0.243 e. The van der Waals surface area contributed by atoms with E-state index in [-0.39, 0.29) is 10.8 Å². The van der Waals surface area contributed by atoms with Crippen LogP contribution >= 0.6 is 0 Å². The van der Waals surface area contributed by atoms with Crippen molar-refractivity contribution >= 4 is 21.6 Å². The van der Waals surface area contributed by atoms with Crippen molar-refractivity contribution in [2.75, 3.05) is 44.7 Å². The van der Waals surface area contributed by atoms with Crippen LogP contribution in [0.5, 0.6) is 0 Å². The molecule has 1 atom stereocenters. The van der Waals surface area contributed by atoms with Crippen LogP contribution in [0, 0.1) is 16.9 Å². The van der Waals surface area contributed by atoms with E-state index in [9.17, 15) is 18.5 Å². The number of likely N-dealkylation sites (tertiary alicyclic amines) is 1. The highest BCUT2D eigenvalue weighted by Crippen LogP contribution is 2.41. The number of carbonyl (C=O) groups is 1. The van der Waals surface area contributed by atoms with Gasteiger partial charge in [-0.15, -0.1) is 0 Å². The van der Waals surface area contributed by atoms with Crippen LogP contribution in [-0.4, -0.2) is 62.9 Å². The van der Waals surface area contributed by atoms with E-state index in [0.717, 1.165) is 22.4 Å². The second-order valence-corrected chi connectivity index (χ2v) is 10.5. The lowest BCUT2D eigenvalue weighted by Crippen LogP contribution is -2.43. The monoisotopic (exact) mass is 452 g/mol. The predicted molar refractivity (Wildman–Crippen MR) is 118 cm³/mol. The number of nitrogens with zero attached hydrogens (tertiary/aromatic N) is 3. The molecule has 9 heteroatoms. The van der Waals surface area contributed by atoms with E-state index >= 15 is 0 Å². The van der Waals surface area contributed by atoms with Gasteiger partial charge in [-0.1, -0.05) is 18.2 Å². The summed E-state index contributed by atoms with van der Waals surface area (Å²) in [6.45, 7) is 2.52. The molecular formula is C23H24N4O4S. The summed E-state index contributed by atoms with van der Waals surface area (Å²) in [6.07, 6.45) is 3.35. The number of nitrogens with one attached hydrogen (secondary N) is 1. The van der Waals surface area contributed by atoms with Gasteiger partial charge in [-0.2, -0.15) is 9.57 Å². The molecule has 5 rings (SSSR count). The number of hydrogen-bond acceptors (Lipinski definition) is 6. The number of sulfonamides is 1. The molecule has 8 nitrogen and oxygen atoms in total. The molecule has 3 aliphatic heterocycles. The molecule has 1 N–H and O–H groups in total. The maximum atomic E-state index is 13.1. The Kier molecular flexibility index (Phi) is 5.16. The molecule has 1 unspecified atom stereocenters. The van der Waals surface area contributed by atoms with Crippen LogP contribution in [0.2, 0.25) is 0 Å². The van der Waals surface area contributed by atoms with Crippen molar-refractivity contribution in [3.63, 3.8) is 0 Å². The van der Waals surface area contributed by atoms with Crippen molar-refractivity contribution in [3.05, 3.63) is 48.0 Å². The molecule has 1 amide bonds. The molecule has 32 heavy (non-hydrogen) atoms. The lowest BCUT2D eigenvalue weighted by molar-refractivity contribution is -0.125. The first-order chi connectivity index (χ1) is 15.4. The summed E-state index contributed by atoms with van der Waals surface area (Å²) in [5.41, 5.74) is 2.88. The average molecular weight is 453 g/mol. The third-order valence-electron chi connectivity index (χ3n) is 6.63. The molecule has 166 valence electrons. The number of nitriles is 1. The zero-order valence-corrected chi connectivity index (χ0v) is 18.4.